The second-order valence-corrected chi connectivity index (χ2v) is 3.85. The topological polar surface area (TPSA) is 52.6 Å². The van der Waals surface area contributed by atoms with E-state index in [0.717, 1.165) is 11.3 Å². The van der Waals surface area contributed by atoms with Crippen molar-refractivity contribution >= 4 is 23.4 Å². The predicted octanol–water partition coefficient (Wildman–Crippen LogP) is 1.20. The Hall–Kier alpha value is -1.26. The number of aliphatic carboxylic acids is 1. The Bertz CT molecular complexity index is 383. The summed E-state index contributed by atoms with van der Waals surface area (Å²) in [6.45, 7) is 0.782. The van der Waals surface area contributed by atoms with Gasteiger partial charge in [-0.15, -0.1) is 0 Å². The first-order chi connectivity index (χ1) is 7.18. The molecule has 15 heavy (non-hydrogen) atoms. The maximum atomic E-state index is 10.9. The third-order valence-corrected chi connectivity index (χ3v) is 2.75. The van der Waals surface area contributed by atoms with Gasteiger partial charge in [0.1, 0.15) is 6.04 Å². The van der Waals surface area contributed by atoms with Gasteiger partial charge in [0.05, 0.1) is 12.2 Å². The summed E-state index contributed by atoms with van der Waals surface area (Å²) in [5.41, 5.74) is 1.88. The third kappa shape index (κ3) is 2.06. The van der Waals surface area contributed by atoms with E-state index in [-0.39, 0.29) is 6.54 Å². The average Bonchev–Trinajstić information content (AvgIpc) is 2.39. The van der Waals surface area contributed by atoms with Crippen LogP contribution in [-0.2, 0) is 11.3 Å². The molecule has 0 fully saturated rings. The van der Waals surface area contributed by atoms with Gasteiger partial charge in [-0.2, -0.15) is 0 Å². The van der Waals surface area contributed by atoms with Crippen molar-refractivity contribution in [2.45, 2.75) is 12.6 Å². The lowest BCUT2D eigenvalue weighted by Crippen LogP contribution is -2.41. The molecule has 80 valence electrons. The molecule has 2 rings (SSSR count). The Balaban J connectivity index is 2.28. The normalized spacial score (nSPS) is 20.6. The molecule has 1 unspecified atom stereocenters. The highest BCUT2D eigenvalue weighted by Crippen LogP contribution is 2.24. The van der Waals surface area contributed by atoms with E-state index in [2.05, 4.69) is 5.32 Å². The van der Waals surface area contributed by atoms with Gasteiger partial charge in [-0.3, -0.25) is 14.5 Å². The van der Waals surface area contributed by atoms with Crippen molar-refractivity contribution in [2.75, 3.05) is 11.0 Å². The van der Waals surface area contributed by atoms with Crippen molar-refractivity contribution in [3.05, 3.63) is 29.8 Å². The van der Waals surface area contributed by atoms with Crippen molar-refractivity contribution in [1.82, 2.24) is 5.32 Å². The zero-order valence-electron chi connectivity index (χ0n) is 7.98. The van der Waals surface area contributed by atoms with Crippen LogP contribution >= 0.6 is 11.8 Å². The molecule has 1 aliphatic heterocycles. The molecule has 0 bridgehead atoms. The Labute approximate surface area is 92.6 Å². The number of nitrogens with zero attached hydrogens (tertiary/aromatic N) is 1. The molecule has 5 heteroatoms. The Morgan fingerprint density at radius 3 is 3.00 bits per heavy atom. The molecule has 0 radical (unpaired) electrons. The summed E-state index contributed by atoms with van der Waals surface area (Å²) in [4.78, 5) is 10.9. The summed E-state index contributed by atoms with van der Waals surface area (Å²) >= 11 is 6.02. The van der Waals surface area contributed by atoms with Crippen LogP contribution in [0.2, 0.25) is 0 Å². The van der Waals surface area contributed by atoms with Gasteiger partial charge in [0.2, 0.25) is 0 Å². The first-order valence-electron chi connectivity index (χ1n) is 4.66. The number of fused-ring (bicyclic) bond motifs is 1. The molecule has 1 aromatic carbocycles. The van der Waals surface area contributed by atoms with Gasteiger partial charge in [-0.05, 0) is 11.6 Å². The zero-order valence-corrected chi connectivity index (χ0v) is 8.74. The summed E-state index contributed by atoms with van der Waals surface area (Å²) in [5.74, 6) is -0.881. The van der Waals surface area contributed by atoms with Crippen molar-refractivity contribution in [3.63, 3.8) is 0 Å². The number of carboxylic acid groups (broad SMARTS) is 1. The number of rotatable bonds is 1. The number of para-hydroxylation sites is 1. The van der Waals surface area contributed by atoms with E-state index in [1.54, 1.807) is 0 Å². The van der Waals surface area contributed by atoms with Crippen molar-refractivity contribution in [2.24, 2.45) is 0 Å². The molecule has 1 aliphatic rings. The van der Waals surface area contributed by atoms with Crippen LogP contribution in [0.15, 0.2) is 24.3 Å². The second kappa shape index (κ2) is 4.08. The number of carbonyl (C=O) groups is 1. The van der Waals surface area contributed by atoms with Crippen LogP contribution in [0.1, 0.15) is 5.56 Å². The third-order valence-electron chi connectivity index (χ3n) is 2.43. The summed E-state index contributed by atoms with van der Waals surface area (Å²) in [5, 5.41) is 11.9. The molecule has 0 spiro atoms. The number of nitrogens with one attached hydrogen (secondary N) is 1. The van der Waals surface area contributed by atoms with Gasteiger partial charge in [-0.1, -0.05) is 18.2 Å². The Morgan fingerprint density at radius 2 is 2.27 bits per heavy atom. The van der Waals surface area contributed by atoms with Gasteiger partial charge in [0.25, 0.3) is 0 Å². The average molecular weight is 227 g/mol. The molecular formula is C10H11ClN2O2. The first-order valence-corrected chi connectivity index (χ1v) is 4.99. The minimum atomic E-state index is -0.881. The number of anilines is 1. The van der Waals surface area contributed by atoms with Gasteiger partial charge in [0, 0.05) is 18.3 Å². The molecule has 0 saturated carbocycles. The molecule has 2 N–H and O–H groups in total. The number of halogens is 1. The van der Waals surface area contributed by atoms with E-state index in [9.17, 15) is 4.79 Å². The summed E-state index contributed by atoms with van der Waals surface area (Å²) in [7, 11) is 0. The Morgan fingerprint density at radius 1 is 1.53 bits per heavy atom. The van der Waals surface area contributed by atoms with Crippen molar-refractivity contribution < 1.29 is 9.90 Å². The van der Waals surface area contributed by atoms with Crippen LogP contribution < -0.4 is 9.74 Å². The maximum Gasteiger partial charge on any atom is 0.322 e. The number of hydrogen-bond acceptors (Lipinski definition) is 3. The maximum absolute atomic E-state index is 10.9. The van der Waals surface area contributed by atoms with Crippen LogP contribution in [0.4, 0.5) is 5.69 Å². The molecule has 1 aromatic rings. The van der Waals surface area contributed by atoms with Crippen LogP contribution in [0.25, 0.3) is 0 Å². The summed E-state index contributed by atoms with van der Waals surface area (Å²) < 4.78 is 1.45. The molecule has 0 amide bonds. The van der Waals surface area contributed by atoms with E-state index < -0.39 is 12.0 Å². The van der Waals surface area contributed by atoms with E-state index in [1.807, 2.05) is 24.3 Å². The van der Waals surface area contributed by atoms with Gasteiger partial charge in [-0.25, -0.2) is 0 Å². The van der Waals surface area contributed by atoms with Crippen molar-refractivity contribution in [3.8, 4) is 0 Å². The number of carboxylic acids is 1. The minimum Gasteiger partial charge on any atom is -0.480 e. The van der Waals surface area contributed by atoms with Crippen molar-refractivity contribution in [1.29, 1.82) is 0 Å². The number of benzene rings is 1. The van der Waals surface area contributed by atoms with Crippen LogP contribution in [0, 0.1) is 0 Å². The molecule has 0 saturated heterocycles. The molecule has 0 aromatic heterocycles. The van der Waals surface area contributed by atoms with Gasteiger partial charge < -0.3 is 5.11 Å². The standard InChI is InChI=1S/C10H11ClN2O2/c11-13-6-8(10(14)15)12-5-7-3-1-2-4-9(7)13/h1-4,8,12H,5-6H2,(H,14,15). The van der Waals surface area contributed by atoms with E-state index in [0.29, 0.717) is 6.54 Å². The highest BCUT2D eigenvalue weighted by Gasteiger charge is 2.24. The first kappa shape index (κ1) is 10.3. The quantitative estimate of drug-likeness (QED) is 0.707. The summed E-state index contributed by atoms with van der Waals surface area (Å²) in [6.07, 6.45) is 0. The number of hydrogen-bond donors (Lipinski definition) is 2. The zero-order chi connectivity index (χ0) is 10.8. The lowest BCUT2D eigenvalue weighted by atomic mass is 10.2. The smallest absolute Gasteiger partial charge is 0.322 e. The van der Waals surface area contributed by atoms with Gasteiger partial charge >= 0.3 is 5.97 Å². The largest absolute Gasteiger partial charge is 0.480 e. The lowest BCUT2D eigenvalue weighted by molar-refractivity contribution is -0.139. The Kier molecular flexibility index (Phi) is 2.79. The van der Waals surface area contributed by atoms with Crippen LogP contribution in [0.5, 0.6) is 0 Å². The highest BCUT2D eigenvalue weighted by molar-refractivity contribution is 6.26. The minimum absolute atomic E-state index is 0.258. The highest BCUT2D eigenvalue weighted by atomic mass is 35.5. The fourth-order valence-electron chi connectivity index (χ4n) is 1.62. The van der Waals surface area contributed by atoms with Crippen LogP contribution in [-0.4, -0.2) is 23.7 Å². The predicted molar refractivity (Wildman–Crippen MR) is 57.9 cm³/mol. The van der Waals surface area contributed by atoms with E-state index >= 15 is 0 Å². The van der Waals surface area contributed by atoms with Crippen LogP contribution in [0.3, 0.4) is 0 Å². The molecule has 0 aliphatic carbocycles. The van der Waals surface area contributed by atoms with Gasteiger partial charge in [0.15, 0.2) is 0 Å². The van der Waals surface area contributed by atoms with E-state index in [1.165, 1.54) is 4.42 Å². The molecule has 4 nitrogen and oxygen atoms in total. The van der Waals surface area contributed by atoms with E-state index in [4.69, 9.17) is 16.9 Å². The monoisotopic (exact) mass is 226 g/mol. The SMILES string of the molecule is O=C(O)C1CN(Cl)c2ccccc2CN1. The lowest BCUT2D eigenvalue weighted by Gasteiger charge is -2.17. The summed E-state index contributed by atoms with van der Waals surface area (Å²) in [6, 6.07) is 6.98. The fourth-order valence-corrected chi connectivity index (χ4v) is 1.92. The molecular weight excluding hydrogens is 216 g/mol. The fraction of sp³-hybridized carbons (Fsp3) is 0.300. The molecule has 1 heterocycles. The second-order valence-electron chi connectivity index (χ2n) is 3.45. The molecule has 1 atom stereocenters.